The fraction of sp³-hybridized carbons (Fsp3) is 0.0556. The zero-order valence-electron chi connectivity index (χ0n) is 13.1. The Morgan fingerprint density at radius 1 is 1.20 bits per heavy atom. The van der Waals surface area contributed by atoms with Crippen LogP contribution in [-0.2, 0) is 11.3 Å². The van der Waals surface area contributed by atoms with Gasteiger partial charge in [0.25, 0.3) is 5.91 Å². The first-order chi connectivity index (χ1) is 12.0. The fourth-order valence-electron chi connectivity index (χ4n) is 2.53. The minimum absolute atomic E-state index is 0.0726. The van der Waals surface area contributed by atoms with Crippen LogP contribution in [0.2, 0.25) is 5.02 Å². The molecule has 2 amide bonds. The highest BCUT2D eigenvalue weighted by molar-refractivity contribution is 6.30. The first-order valence-corrected chi connectivity index (χ1v) is 7.87. The Bertz CT molecular complexity index is 978. The quantitative estimate of drug-likeness (QED) is 0.544. The lowest BCUT2D eigenvalue weighted by molar-refractivity contribution is -0.118. The van der Waals surface area contributed by atoms with Crippen LogP contribution in [0.5, 0.6) is 0 Å². The number of hydrogen-bond acceptors (Lipinski definition) is 3. The second-order valence-electron chi connectivity index (χ2n) is 5.41. The number of nitrogens with one attached hydrogen (secondary N) is 1. The number of para-hydroxylation sites is 1. The summed E-state index contributed by atoms with van der Waals surface area (Å²) in [6.45, 7) is 0.0726. The maximum Gasteiger partial charge on any atom is 0.271 e. The number of halogens is 1. The average Bonchev–Trinajstić information content (AvgIpc) is 2.92. The van der Waals surface area contributed by atoms with Gasteiger partial charge in [-0.1, -0.05) is 35.9 Å². The molecule has 2 aromatic carbocycles. The Morgan fingerprint density at radius 2 is 2.00 bits per heavy atom. The van der Waals surface area contributed by atoms with Gasteiger partial charge in [0.1, 0.15) is 6.54 Å². The van der Waals surface area contributed by atoms with E-state index in [1.54, 1.807) is 35.0 Å². The summed E-state index contributed by atoms with van der Waals surface area (Å²) < 4.78 is 1.75. The Hall–Kier alpha value is -3.12. The maximum atomic E-state index is 12.1. The highest BCUT2D eigenvalue weighted by Crippen LogP contribution is 2.19. The molecule has 0 aliphatic rings. The number of carbonyl (C=O) groups excluding carboxylic acids is 2. The third-order valence-corrected chi connectivity index (χ3v) is 3.84. The predicted octanol–water partition coefficient (Wildman–Crippen LogP) is 2.54. The van der Waals surface area contributed by atoms with Crippen LogP contribution in [-0.4, -0.2) is 22.6 Å². The van der Waals surface area contributed by atoms with Crippen molar-refractivity contribution >= 4 is 40.5 Å². The maximum absolute atomic E-state index is 12.1. The van der Waals surface area contributed by atoms with Crippen molar-refractivity contribution < 1.29 is 9.59 Å². The molecule has 0 spiro atoms. The van der Waals surface area contributed by atoms with Gasteiger partial charge in [0, 0.05) is 33.2 Å². The molecule has 0 unspecified atom stereocenters. The summed E-state index contributed by atoms with van der Waals surface area (Å²) in [7, 11) is 0. The number of fused-ring (bicyclic) bond motifs is 1. The number of amides is 2. The number of nitrogens with zero attached hydrogens (tertiary/aromatic N) is 2. The molecule has 1 heterocycles. The van der Waals surface area contributed by atoms with Gasteiger partial charge in [-0.25, -0.2) is 5.43 Å². The van der Waals surface area contributed by atoms with Crippen LogP contribution in [0.1, 0.15) is 15.9 Å². The van der Waals surface area contributed by atoms with Crippen molar-refractivity contribution in [3.63, 3.8) is 0 Å². The molecule has 0 radical (unpaired) electrons. The molecular formula is C18H15ClN4O2. The molecule has 25 heavy (non-hydrogen) atoms. The van der Waals surface area contributed by atoms with Crippen molar-refractivity contribution in [2.75, 3.05) is 0 Å². The first kappa shape index (κ1) is 16.7. The molecule has 0 saturated carbocycles. The van der Waals surface area contributed by atoms with Gasteiger partial charge < -0.3 is 10.3 Å². The fourth-order valence-corrected chi connectivity index (χ4v) is 2.72. The summed E-state index contributed by atoms with van der Waals surface area (Å²) >= 11 is 5.87. The van der Waals surface area contributed by atoms with Crippen LogP contribution in [0.25, 0.3) is 10.9 Å². The smallest absolute Gasteiger partial charge is 0.271 e. The topological polar surface area (TPSA) is 89.5 Å². The normalized spacial score (nSPS) is 11.1. The van der Waals surface area contributed by atoms with Crippen molar-refractivity contribution in [3.05, 3.63) is 70.9 Å². The summed E-state index contributed by atoms with van der Waals surface area (Å²) in [4.78, 5) is 23.3. The first-order valence-electron chi connectivity index (χ1n) is 7.50. The molecule has 3 aromatic rings. The second-order valence-corrected chi connectivity index (χ2v) is 5.84. The molecule has 6 nitrogen and oxygen atoms in total. The van der Waals surface area contributed by atoms with E-state index in [-0.39, 0.29) is 12.5 Å². The van der Waals surface area contributed by atoms with Crippen molar-refractivity contribution in [2.45, 2.75) is 6.54 Å². The highest BCUT2D eigenvalue weighted by Gasteiger charge is 2.09. The largest absolute Gasteiger partial charge is 0.368 e. The lowest BCUT2D eigenvalue weighted by atomic mass is 10.2. The lowest BCUT2D eigenvalue weighted by Crippen LogP contribution is -2.18. The molecule has 3 N–H and O–H groups in total. The Balaban J connectivity index is 1.81. The van der Waals surface area contributed by atoms with Crippen LogP contribution in [0.15, 0.2) is 59.8 Å². The summed E-state index contributed by atoms with van der Waals surface area (Å²) in [5, 5.41) is 5.38. The number of hydrazone groups is 1. The highest BCUT2D eigenvalue weighted by atomic mass is 35.5. The minimum Gasteiger partial charge on any atom is -0.368 e. The van der Waals surface area contributed by atoms with E-state index in [1.165, 1.54) is 6.21 Å². The van der Waals surface area contributed by atoms with Gasteiger partial charge in [0.05, 0.1) is 6.21 Å². The molecule has 0 bridgehead atoms. The third kappa shape index (κ3) is 3.87. The summed E-state index contributed by atoms with van der Waals surface area (Å²) in [6, 6.07) is 14.2. The minimum atomic E-state index is -0.432. The second kappa shape index (κ2) is 7.19. The zero-order chi connectivity index (χ0) is 17.8. The van der Waals surface area contributed by atoms with E-state index in [0.29, 0.717) is 10.6 Å². The van der Waals surface area contributed by atoms with Gasteiger partial charge in [0.15, 0.2) is 0 Å². The number of hydrogen-bond donors (Lipinski definition) is 2. The van der Waals surface area contributed by atoms with Crippen LogP contribution in [0.3, 0.4) is 0 Å². The third-order valence-electron chi connectivity index (χ3n) is 3.60. The Kier molecular flexibility index (Phi) is 4.81. The molecule has 0 aliphatic heterocycles. The molecule has 3 rings (SSSR count). The molecule has 0 atom stereocenters. The number of rotatable bonds is 5. The van der Waals surface area contributed by atoms with Crippen molar-refractivity contribution in [1.29, 1.82) is 0 Å². The van der Waals surface area contributed by atoms with Gasteiger partial charge in [-0.2, -0.15) is 5.10 Å². The lowest BCUT2D eigenvalue weighted by Gasteiger charge is -2.00. The predicted molar refractivity (Wildman–Crippen MR) is 97.6 cm³/mol. The molecule has 0 saturated heterocycles. The van der Waals surface area contributed by atoms with Gasteiger partial charge in [-0.05, 0) is 24.3 Å². The molecule has 0 fully saturated rings. The van der Waals surface area contributed by atoms with Crippen molar-refractivity contribution in [1.82, 2.24) is 9.99 Å². The van der Waals surface area contributed by atoms with Crippen LogP contribution in [0, 0.1) is 0 Å². The van der Waals surface area contributed by atoms with Gasteiger partial charge >= 0.3 is 0 Å². The molecule has 1 aromatic heterocycles. The van der Waals surface area contributed by atoms with Crippen molar-refractivity contribution in [2.24, 2.45) is 10.8 Å². The molecular weight excluding hydrogens is 340 g/mol. The van der Waals surface area contributed by atoms with E-state index >= 15 is 0 Å². The molecule has 126 valence electrons. The van der Waals surface area contributed by atoms with Gasteiger partial charge in [0.2, 0.25) is 5.91 Å². The Labute approximate surface area is 148 Å². The van der Waals surface area contributed by atoms with Crippen molar-refractivity contribution in [3.8, 4) is 0 Å². The summed E-state index contributed by atoms with van der Waals surface area (Å²) in [5.74, 6) is -0.793. The number of nitrogens with two attached hydrogens (primary N) is 1. The van der Waals surface area contributed by atoms with E-state index in [1.807, 2.05) is 24.3 Å². The standard InChI is InChI=1S/C18H15ClN4O2/c19-14-5-3-4-12(8-14)18(25)22-21-9-13-10-23(11-17(20)24)16-7-2-1-6-15(13)16/h1-10H,11H2,(H2,20,24)(H,22,25)/b21-9+. The monoisotopic (exact) mass is 354 g/mol. The number of primary amides is 1. The van der Waals surface area contributed by atoms with E-state index in [9.17, 15) is 9.59 Å². The number of benzene rings is 2. The summed E-state index contributed by atoms with van der Waals surface area (Å²) in [5.41, 5.74) is 9.79. The van der Waals surface area contributed by atoms with Crippen LogP contribution < -0.4 is 11.2 Å². The van der Waals surface area contributed by atoms with E-state index in [0.717, 1.165) is 16.5 Å². The van der Waals surface area contributed by atoms with E-state index in [2.05, 4.69) is 10.5 Å². The van der Waals surface area contributed by atoms with Crippen LogP contribution in [0.4, 0.5) is 0 Å². The van der Waals surface area contributed by atoms with E-state index < -0.39 is 5.91 Å². The average molecular weight is 355 g/mol. The van der Waals surface area contributed by atoms with Gasteiger partial charge in [-0.3, -0.25) is 9.59 Å². The van der Waals surface area contributed by atoms with E-state index in [4.69, 9.17) is 17.3 Å². The summed E-state index contributed by atoms with van der Waals surface area (Å²) in [6.07, 6.45) is 3.30. The zero-order valence-corrected chi connectivity index (χ0v) is 13.9. The molecule has 7 heteroatoms. The number of aromatic nitrogens is 1. The SMILES string of the molecule is NC(=O)Cn1cc(/C=N/NC(=O)c2cccc(Cl)c2)c2ccccc21. The number of carbonyl (C=O) groups is 2. The van der Waals surface area contributed by atoms with Gasteiger partial charge in [-0.15, -0.1) is 0 Å². The molecule has 0 aliphatic carbocycles. The van der Waals surface area contributed by atoms with Crippen LogP contribution >= 0.6 is 11.6 Å². The Morgan fingerprint density at radius 3 is 2.76 bits per heavy atom.